The largest absolute Gasteiger partial charge is 0.487 e. The number of rotatable bonds is 5. The Morgan fingerprint density at radius 2 is 1.90 bits per heavy atom. The molecule has 0 bridgehead atoms. The van der Waals surface area contributed by atoms with E-state index in [1.807, 2.05) is 60.1 Å². The molecule has 1 N–H and O–H groups in total. The van der Waals surface area contributed by atoms with E-state index in [2.05, 4.69) is 15.3 Å². The molecule has 0 fully saturated rings. The highest BCUT2D eigenvalue weighted by molar-refractivity contribution is 7.22. The van der Waals surface area contributed by atoms with E-state index in [1.165, 1.54) is 11.3 Å². The first kappa shape index (κ1) is 18.3. The van der Waals surface area contributed by atoms with Crippen molar-refractivity contribution in [3.63, 3.8) is 0 Å². The highest BCUT2D eigenvalue weighted by Crippen LogP contribution is 2.26. The number of thiazole rings is 1. The summed E-state index contributed by atoms with van der Waals surface area (Å²) in [6, 6.07) is 18.9. The molecule has 0 aliphatic rings. The maximum atomic E-state index is 12.5. The van der Waals surface area contributed by atoms with E-state index >= 15 is 0 Å². The molecule has 0 saturated carbocycles. The molecule has 6 nitrogen and oxygen atoms in total. The summed E-state index contributed by atoms with van der Waals surface area (Å²) >= 11 is 1.46. The molecule has 7 heteroatoms. The fourth-order valence-corrected chi connectivity index (χ4v) is 4.09. The minimum Gasteiger partial charge on any atom is -0.487 e. The van der Waals surface area contributed by atoms with Crippen LogP contribution in [-0.4, -0.2) is 20.3 Å². The van der Waals surface area contributed by atoms with Crippen molar-refractivity contribution in [1.82, 2.24) is 14.4 Å². The van der Waals surface area contributed by atoms with Gasteiger partial charge in [0.25, 0.3) is 5.91 Å². The smallest absolute Gasteiger partial charge is 0.257 e. The molecule has 0 atom stereocenters. The number of imidazole rings is 1. The lowest BCUT2D eigenvalue weighted by Crippen LogP contribution is -2.11. The predicted octanol–water partition coefficient (Wildman–Crippen LogP) is 5.08. The van der Waals surface area contributed by atoms with E-state index in [-0.39, 0.29) is 5.91 Å². The van der Waals surface area contributed by atoms with Gasteiger partial charge in [-0.2, -0.15) is 0 Å². The van der Waals surface area contributed by atoms with Crippen molar-refractivity contribution in [3.8, 4) is 5.75 Å². The van der Waals surface area contributed by atoms with Gasteiger partial charge in [0.15, 0.2) is 5.13 Å². The van der Waals surface area contributed by atoms with Crippen LogP contribution in [0.2, 0.25) is 0 Å². The zero-order chi connectivity index (χ0) is 20.5. The Kier molecular flexibility index (Phi) is 4.65. The van der Waals surface area contributed by atoms with Gasteiger partial charge in [0.1, 0.15) is 18.0 Å². The van der Waals surface area contributed by atoms with Crippen LogP contribution in [0.25, 0.3) is 15.9 Å². The first-order chi connectivity index (χ1) is 14.7. The minimum absolute atomic E-state index is 0.198. The van der Waals surface area contributed by atoms with Crippen LogP contribution in [0.5, 0.6) is 5.75 Å². The fraction of sp³-hybridized carbons (Fsp3) is 0.0870. The van der Waals surface area contributed by atoms with Gasteiger partial charge in [-0.25, -0.2) is 9.97 Å². The lowest BCUT2D eigenvalue weighted by atomic mass is 10.2. The molecule has 2 aromatic carbocycles. The Labute approximate surface area is 176 Å². The molecule has 3 heterocycles. The summed E-state index contributed by atoms with van der Waals surface area (Å²) < 4.78 is 8.87. The zero-order valence-corrected chi connectivity index (χ0v) is 17.0. The number of nitrogens with one attached hydrogen (secondary N) is 1. The highest BCUT2D eigenvalue weighted by Gasteiger charge is 2.10. The molecule has 148 valence electrons. The molecule has 30 heavy (non-hydrogen) atoms. The molecule has 0 unspecified atom stereocenters. The Morgan fingerprint density at radius 3 is 2.70 bits per heavy atom. The average molecular weight is 414 g/mol. The fourth-order valence-electron chi connectivity index (χ4n) is 3.23. The van der Waals surface area contributed by atoms with E-state index in [9.17, 15) is 4.79 Å². The highest BCUT2D eigenvalue weighted by atomic mass is 32.1. The number of nitrogens with zero attached hydrogens (tertiary/aromatic N) is 3. The molecular formula is C23H18N4O2S. The first-order valence-corrected chi connectivity index (χ1v) is 10.3. The van der Waals surface area contributed by atoms with Crippen LogP contribution in [0.4, 0.5) is 5.13 Å². The summed E-state index contributed by atoms with van der Waals surface area (Å²) in [5, 5.41) is 3.45. The number of amides is 1. The third-order valence-corrected chi connectivity index (χ3v) is 5.70. The second-order valence-electron chi connectivity index (χ2n) is 6.91. The van der Waals surface area contributed by atoms with Crippen molar-refractivity contribution in [2.45, 2.75) is 13.5 Å². The lowest BCUT2D eigenvalue weighted by molar-refractivity contribution is 0.102. The maximum Gasteiger partial charge on any atom is 0.257 e. The normalized spacial score (nSPS) is 11.1. The van der Waals surface area contributed by atoms with Crippen molar-refractivity contribution in [3.05, 3.63) is 89.9 Å². The van der Waals surface area contributed by atoms with Crippen molar-refractivity contribution < 1.29 is 9.53 Å². The number of carbonyl (C=O) groups excluding carboxylic acids is 1. The van der Waals surface area contributed by atoms with Crippen molar-refractivity contribution in [1.29, 1.82) is 0 Å². The number of ether oxygens (including phenoxy) is 1. The summed E-state index contributed by atoms with van der Waals surface area (Å²) in [7, 11) is 0. The molecule has 0 radical (unpaired) electrons. The molecular weight excluding hydrogens is 396 g/mol. The third kappa shape index (κ3) is 3.62. The van der Waals surface area contributed by atoms with Gasteiger partial charge in [-0.1, -0.05) is 29.5 Å². The van der Waals surface area contributed by atoms with Crippen LogP contribution in [0.1, 0.15) is 21.6 Å². The van der Waals surface area contributed by atoms with Crippen LogP contribution >= 0.6 is 11.3 Å². The molecule has 3 aromatic heterocycles. The quantitative estimate of drug-likeness (QED) is 0.435. The van der Waals surface area contributed by atoms with Crippen molar-refractivity contribution in [2.75, 3.05) is 5.32 Å². The number of benzene rings is 2. The van der Waals surface area contributed by atoms with Gasteiger partial charge in [0, 0.05) is 18.0 Å². The molecule has 5 aromatic rings. The van der Waals surface area contributed by atoms with Crippen molar-refractivity contribution in [2.24, 2.45) is 0 Å². The van der Waals surface area contributed by atoms with Gasteiger partial charge in [0.05, 0.1) is 15.9 Å². The number of para-hydroxylation sites is 1. The van der Waals surface area contributed by atoms with Gasteiger partial charge in [-0.15, -0.1) is 0 Å². The van der Waals surface area contributed by atoms with Gasteiger partial charge >= 0.3 is 0 Å². The number of pyridine rings is 1. The second kappa shape index (κ2) is 7.61. The Bertz CT molecular complexity index is 1320. The SMILES string of the molecule is Cc1cccn2cc(COc3ccc(C(=O)Nc4nc5ccccc5s4)cc3)nc12. The van der Waals surface area contributed by atoms with Crippen LogP contribution in [0.15, 0.2) is 73.1 Å². The van der Waals surface area contributed by atoms with E-state index in [0.29, 0.717) is 23.1 Å². The number of hydrogen-bond acceptors (Lipinski definition) is 5. The molecule has 0 spiro atoms. The van der Waals surface area contributed by atoms with E-state index in [0.717, 1.165) is 27.1 Å². The molecule has 0 saturated heterocycles. The topological polar surface area (TPSA) is 68.5 Å². The molecule has 1 amide bonds. The second-order valence-corrected chi connectivity index (χ2v) is 7.94. The van der Waals surface area contributed by atoms with Crippen LogP contribution < -0.4 is 10.1 Å². The Hall–Kier alpha value is -3.71. The molecule has 5 rings (SSSR count). The average Bonchev–Trinajstić information content (AvgIpc) is 3.36. The first-order valence-electron chi connectivity index (χ1n) is 9.49. The number of aryl methyl sites for hydroxylation is 1. The van der Waals surface area contributed by atoms with Gasteiger partial charge < -0.3 is 9.14 Å². The zero-order valence-electron chi connectivity index (χ0n) is 16.2. The summed E-state index contributed by atoms with van der Waals surface area (Å²) in [6.07, 6.45) is 3.93. The lowest BCUT2D eigenvalue weighted by Gasteiger charge is -2.06. The van der Waals surface area contributed by atoms with E-state index < -0.39 is 0 Å². The van der Waals surface area contributed by atoms with Gasteiger partial charge in [0.2, 0.25) is 0 Å². The van der Waals surface area contributed by atoms with Crippen LogP contribution in [-0.2, 0) is 6.61 Å². The summed E-state index contributed by atoms with van der Waals surface area (Å²) in [5.74, 6) is 0.483. The van der Waals surface area contributed by atoms with Gasteiger partial charge in [-0.3, -0.25) is 10.1 Å². The van der Waals surface area contributed by atoms with Crippen LogP contribution in [0, 0.1) is 6.92 Å². The monoisotopic (exact) mass is 414 g/mol. The van der Waals surface area contributed by atoms with E-state index in [4.69, 9.17) is 4.74 Å². The third-order valence-electron chi connectivity index (χ3n) is 4.75. The standard InChI is InChI=1S/C23H18N4O2S/c1-15-5-4-12-27-13-17(24-21(15)27)14-29-18-10-8-16(9-11-18)22(28)26-23-25-19-6-2-3-7-20(19)30-23/h2-13H,14H2,1H3,(H,25,26,28). The summed E-state index contributed by atoms with van der Waals surface area (Å²) in [6.45, 7) is 2.39. The summed E-state index contributed by atoms with van der Waals surface area (Å²) in [5.41, 5.74) is 4.32. The maximum absolute atomic E-state index is 12.5. The minimum atomic E-state index is -0.198. The number of carbonyl (C=O) groups is 1. The Balaban J connectivity index is 1.24. The summed E-state index contributed by atoms with van der Waals surface area (Å²) in [4.78, 5) is 21.6. The van der Waals surface area contributed by atoms with E-state index in [1.54, 1.807) is 24.3 Å². The Morgan fingerprint density at radius 1 is 1.07 bits per heavy atom. The van der Waals surface area contributed by atoms with Crippen molar-refractivity contribution >= 4 is 38.2 Å². The number of aromatic nitrogens is 3. The number of hydrogen-bond donors (Lipinski definition) is 1. The molecule has 0 aliphatic heterocycles. The van der Waals surface area contributed by atoms with Gasteiger partial charge in [-0.05, 0) is 55.0 Å². The van der Waals surface area contributed by atoms with Crippen LogP contribution in [0.3, 0.4) is 0 Å². The molecule has 0 aliphatic carbocycles. The number of fused-ring (bicyclic) bond motifs is 2. The number of anilines is 1. The predicted molar refractivity (Wildman–Crippen MR) is 118 cm³/mol.